The van der Waals surface area contributed by atoms with Crippen LogP contribution in [0.1, 0.15) is 32.4 Å². The van der Waals surface area contributed by atoms with E-state index in [1.54, 1.807) is 17.9 Å². The fourth-order valence-electron chi connectivity index (χ4n) is 2.98. The summed E-state index contributed by atoms with van der Waals surface area (Å²) >= 11 is 0. The molecule has 0 atom stereocenters. The normalized spacial score (nSPS) is 15.2. The minimum Gasteiger partial charge on any atom is -0.370 e. The van der Waals surface area contributed by atoms with Crippen molar-refractivity contribution in [3.63, 3.8) is 0 Å². The standard InChI is InChI=1S/C18H30N4O4/c1-14(2)11-18(24)22(6-4-5-21-7-9-25-10-8-21)13-17(23)19-16-12-15(3)26-20-16/h12,14H,4-11,13H2,1-3H3,(H,19,20,23)/p+1. The molecule has 2 N–H and O–H groups in total. The van der Waals surface area contributed by atoms with Gasteiger partial charge in [-0.3, -0.25) is 9.59 Å². The second-order valence-corrected chi connectivity index (χ2v) is 7.25. The van der Waals surface area contributed by atoms with E-state index in [0.717, 1.165) is 39.3 Å². The number of carbonyl (C=O) groups is 2. The van der Waals surface area contributed by atoms with Gasteiger partial charge in [-0.1, -0.05) is 19.0 Å². The summed E-state index contributed by atoms with van der Waals surface area (Å²) < 4.78 is 10.3. The molecule has 26 heavy (non-hydrogen) atoms. The van der Waals surface area contributed by atoms with Crippen molar-refractivity contribution in [1.82, 2.24) is 10.1 Å². The molecule has 8 nitrogen and oxygen atoms in total. The maximum absolute atomic E-state index is 12.5. The number of morpholine rings is 1. The molecule has 1 aromatic rings. The molecular weight excluding hydrogens is 336 g/mol. The summed E-state index contributed by atoms with van der Waals surface area (Å²) in [4.78, 5) is 27.9. The maximum atomic E-state index is 12.5. The monoisotopic (exact) mass is 367 g/mol. The number of hydrogen-bond acceptors (Lipinski definition) is 5. The zero-order valence-corrected chi connectivity index (χ0v) is 16.0. The Labute approximate surface area is 154 Å². The van der Waals surface area contributed by atoms with Gasteiger partial charge in [0.1, 0.15) is 18.8 Å². The Morgan fingerprint density at radius 2 is 2.08 bits per heavy atom. The number of nitrogens with zero attached hydrogens (tertiary/aromatic N) is 2. The van der Waals surface area contributed by atoms with Crippen LogP contribution in [0.3, 0.4) is 0 Å². The zero-order chi connectivity index (χ0) is 18.9. The first-order chi connectivity index (χ1) is 12.4. The van der Waals surface area contributed by atoms with Crippen molar-refractivity contribution >= 4 is 17.6 Å². The number of hydrogen-bond donors (Lipinski definition) is 2. The molecule has 1 saturated heterocycles. The van der Waals surface area contributed by atoms with Gasteiger partial charge in [-0.05, 0) is 12.8 Å². The second-order valence-electron chi connectivity index (χ2n) is 7.25. The summed E-state index contributed by atoms with van der Waals surface area (Å²) in [6.45, 7) is 11.0. The number of carbonyl (C=O) groups excluding carboxylic acids is 2. The van der Waals surface area contributed by atoms with E-state index in [2.05, 4.69) is 10.5 Å². The van der Waals surface area contributed by atoms with Crippen molar-refractivity contribution in [1.29, 1.82) is 0 Å². The van der Waals surface area contributed by atoms with E-state index in [9.17, 15) is 9.59 Å². The van der Waals surface area contributed by atoms with Crippen molar-refractivity contribution < 1.29 is 23.7 Å². The number of aromatic nitrogens is 1. The van der Waals surface area contributed by atoms with Crippen molar-refractivity contribution in [2.45, 2.75) is 33.6 Å². The molecule has 8 heteroatoms. The minimum absolute atomic E-state index is 0.0171. The van der Waals surface area contributed by atoms with Gasteiger partial charge in [-0.15, -0.1) is 0 Å². The van der Waals surface area contributed by atoms with Crippen LogP contribution in [0.25, 0.3) is 0 Å². The molecule has 0 aromatic carbocycles. The lowest BCUT2D eigenvalue weighted by molar-refractivity contribution is -0.908. The Hall–Kier alpha value is -1.93. The van der Waals surface area contributed by atoms with Crippen LogP contribution in [0.5, 0.6) is 0 Å². The van der Waals surface area contributed by atoms with Gasteiger partial charge in [-0.25, -0.2) is 0 Å². The molecule has 0 unspecified atom stereocenters. The summed E-state index contributed by atoms with van der Waals surface area (Å²) in [7, 11) is 0. The Morgan fingerprint density at radius 3 is 2.69 bits per heavy atom. The van der Waals surface area contributed by atoms with E-state index in [1.165, 1.54) is 4.90 Å². The van der Waals surface area contributed by atoms with E-state index in [4.69, 9.17) is 9.26 Å². The van der Waals surface area contributed by atoms with Crippen molar-refractivity contribution in [2.24, 2.45) is 5.92 Å². The molecule has 2 rings (SSSR count). The number of quaternary nitrogens is 1. The van der Waals surface area contributed by atoms with E-state index >= 15 is 0 Å². The molecule has 1 aliphatic heterocycles. The highest BCUT2D eigenvalue weighted by Crippen LogP contribution is 2.08. The third kappa shape index (κ3) is 7.13. The number of ether oxygens (including phenoxy) is 1. The summed E-state index contributed by atoms with van der Waals surface area (Å²) in [6, 6.07) is 1.65. The van der Waals surface area contributed by atoms with Gasteiger partial charge < -0.3 is 24.4 Å². The van der Waals surface area contributed by atoms with Gasteiger partial charge in [0.25, 0.3) is 0 Å². The Bertz CT molecular complexity index is 582. The highest BCUT2D eigenvalue weighted by Gasteiger charge is 2.20. The van der Waals surface area contributed by atoms with E-state index in [1.807, 2.05) is 13.8 Å². The van der Waals surface area contributed by atoms with Gasteiger partial charge >= 0.3 is 0 Å². The van der Waals surface area contributed by atoms with E-state index in [0.29, 0.717) is 24.5 Å². The molecule has 1 aliphatic rings. The number of rotatable bonds is 9. The molecule has 0 saturated carbocycles. The SMILES string of the molecule is Cc1cc(NC(=O)CN(CCC[NH+]2CCOCC2)C(=O)CC(C)C)no1. The van der Waals surface area contributed by atoms with Gasteiger partial charge in [-0.2, -0.15) is 0 Å². The van der Waals surface area contributed by atoms with Gasteiger partial charge in [0.2, 0.25) is 11.8 Å². The topological polar surface area (TPSA) is 89.1 Å². The highest BCUT2D eigenvalue weighted by molar-refractivity contribution is 5.93. The van der Waals surface area contributed by atoms with Crippen LogP contribution in [0.15, 0.2) is 10.6 Å². The summed E-state index contributed by atoms with van der Waals surface area (Å²) in [5.41, 5.74) is 0. The molecule has 2 amide bonds. The fourth-order valence-corrected chi connectivity index (χ4v) is 2.98. The third-order valence-corrected chi connectivity index (χ3v) is 4.32. The van der Waals surface area contributed by atoms with Crippen LogP contribution in [0.4, 0.5) is 5.82 Å². The van der Waals surface area contributed by atoms with Gasteiger partial charge in [0.15, 0.2) is 5.82 Å². The predicted octanol–water partition coefficient (Wildman–Crippen LogP) is 0.101. The number of anilines is 1. The lowest BCUT2D eigenvalue weighted by atomic mass is 10.1. The maximum Gasteiger partial charge on any atom is 0.245 e. The van der Waals surface area contributed by atoms with Crippen LogP contribution in [-0.4, -0.2) is 67.8 Å². The van der Waals surface area contributed by atoms with Crippen LogP contribution in [0.2, 0.25) is 0 Å². The smallest absolute Gasteiger partial charge is 0.245 e. The van der Waals surface area contributed by atoms with Gasteiger partial charge in [0.05, 0.1) is 26.3 Å². The molecule has 1 fully saturated rings. The van der Waals surface area contributed by atoms with Gasteiger partial charge in [0, 0.05) is 25.5 Å². The predicted molar refractivity (Wildman–Crippen MR) is 96.9 cm³/mol. The van der Waals surface area contributed by atoms with Crippen LogP contribution in [-0.2, 0) is 14.3 Å². The first-order valence-corrected chi connectivity index (χ1v) is 9.36. The molecule has 0 aliphatic carbocycles. The van der Waals surface area contributed by atoms with E-state index < -0.39 is 0 Å². The molecule has 146 valence electrons. The van der Waals surface area contributed by atoms with Crippen molar-refractivity contribution in [2.75, 3.05) is 51.3 Å². The summed E-state index contributed by atoms with van der Waals surface area (Å²) in [5, 5.41) is 6.44. The molecule has 2 heterocycles. The first-order valence-electron chi connectivity index (χ1n) is 9.36. The zero-order valence-electron chi connectivity index (χ0n) is 16.0. The highest BCUT2D eigenvalue weighted by atomic mass is 16.5. The fraction of sp³-hybridized carbons (Fsp3) is 0.722. The Balaban J connectivity index is 1.85. The molecule has 0 radical (unpaired) electrons. The second kappa shape index (κ2) is 10.3. The van der Waals surface area contributed by atoms with Crippen molar-refractivity contribution in [3.8, 4) is 0 Å². The Morgan fingerprint density at radius 1 is 1.35 bits per heavy atom. The van der Waals surface area contributed by atoms with Crippen LogP contribution < -0.4 is 10.2 Å². The van der Waals surface area contributed by atoms with Crippen LogP contribution in [0, 0.1) is 12.8 Å². The molecule has 0 bridgehead atoms. The minimum atomic E-state index is -0.255. The largest absolute Gasteiger partial charge is 0.370 e. The summed E-state index contributed by atoms with van der Waals surface area (Å²) in [6.07, 6.45) is 1.32. The lowest BCUT2D eigenvalue weighted by Gasteiger charge is -2.26. The third-order valence-electron chi connectivity index (χ3n) is 4.32. The quantitative estimate of drug-likeness (QED) is 0.646. The van der Waals surface area contributed by atoms with E-state index in [-0.39, 0.29) is 24.3 Å². The lowest BCUT2D eigenvalue weighted by Crippen LogP contribution is -3.14. The molecule has 1 aromatic heterocycles. The number of aryl methyl sites for hydroxylation is 1. The first kappa shape index (κ1) is 20.4. The Kier molecular flexibility index (Phi) is 8.06. The average molecular weight is 367 g/mol. The van der Waals surface area contributed by atoms with Crippen molar-refractivity contribution in [3.05, 3.63) is 11.8 Å². The average Bonchev–Trinajstić information content (AvgIpc) is 2.99. The number of nitrogens with one attached hydrogen (secondary N) is 2. The molecule has 0 spiro atoms. The molecular formula is C18H31N4O4+. The van der Waals surface area contributed by atoms with Crippen LogP contribution >= 0.6 is 0 Å². The number of amides is 2. The summed E-state index contributed by atoms with van der Waals surface area (Å²) in [5.74, 6) is 1.02.